The molecule has 186 valence electrons. The Labute approximate surface area is 200 Å². The van der Waals surface area contributed by atoms with Crippen molar-refractivity contribution in [1.82, 2.24) is 16.0 Å². The summed E-state index contributed by atoms with van der Waals surface area (Å²) < 4.78 is 0. The van der Waals surface area contributed by atoms with Gasteiger partial charge in [0, 0.05) is 5.75 Å². The smallest absolute Gasteiger partial charge is 0.326 e. The highest BCUT2D eigenvalue weighted by Crippen LogP contribution is 2.07. The van der Waals surface area contributed by atoms with Crippen LogP contribution >= 0.6 is 24.4 Å². The molecular formula is C20H39N5O5S2. The van der Waals surface area contributed by atoms with E-state index in [2.05, 4.69) is 28.6 Å². The maximum absolute atomic E-state index is 12.9. The molecule has 0 aromatic carbocycles. The summed E-state index contributed by atoms with van der Waals surface area (Å²) in [6.07, 6.45) is 4.16. The zero-order valence-electron chi connectivity index (χ0n) is 19.1. The van der Waals surface area contributed by atoms with Gasteiger partial charge in [-0.25, -0.2) is 4.79 Å². The van der Waals surface area contributed by atoms with Gasteiger partial charge in [-0.05, 0) is 56.6 Å². The van der Waals surface area contributed by atoms with Gasteiger partial charge in [0.25, 0.3) is 0 Å². The summed E-state index contributed by atoms with van der Waals surface area (Å²) >= 11 is 5.58. The summed E-state index contributed by atoms with van der Waals surface area (Å²) in [4.78, 5) is 49.2. The van der Waals surface area contributed by atoms with E-state index in [0.29, 0.717) is 38.0 Å². The van der Waals surface area contributed by atoms with Gasteiger partial charge in [-0.15, -0.1) is 0 Å². The molecule has 0 aliphatic carbocycles. The average Bonchev–Trinajstić information content (AvgIpc) is 2.72. The Hall–Kier alpha value is -1.50. The molecule has 8 N–H and O–H groups in total. The molecule has 0 fully saturated rings. The SMILES string of the molecule is CSCCC(NC(=O)C(CS)NC(=O)C(CCCCN)NC(=O)C(N)CC(C)C)C(=O)O. The molecule has 0 aliphatic rings. The summed E-state index contributed by atoms with van der Waals surface area (Å²) in [5, 5.41) is 17.0. The van der Waals surface area contributed by atoms with E-state index in [1.54, 1.807) is 0 Å². The number of nitrogens with two attached hydrogens (primary N) is 2. The summed E-state index contributed by atoms with van der Waals surface area (Å²) in [5.41, 5.74) is 11.4. The Morgan fingerprint density at radius 3 is 2.00 bits per heavy atom. The minimum Gasteiger partial charge on any atom is -0.480 e. The largest absolute Gasteiger partial charge is 0.480 e. The number of carboxylic acids is 1. The Bertz CT molecular complexity index is 609. The van der Waals surface area contributed by atoms with E-state index in [0.717, 1.165) is 0 Å². The molecule has 4 atom stereocenters. The molecule has 0 radical (unpaired) electrons. The van der Waals surface area contributed by atoms with Crippen LogP contribution in [-0.4, -0.2) is 77.3 Å². The number of thiol groups is 1. The molecule has 4 unspecified atom stereocenters. The third-order valence-corrected chi connectivity index (χ3v) is 5.69. The fourth-order valence-electron chi connectivity index (χ4n) is 2.89. The molecule has 32 heavy (non-hydrogen) atoms. The van der Waals surface area contributed by atoms with Crippen molar-refractivity contribution < 1.29 is 24.3 Å². The number of carboxylic acid groups (broad SMARTS) is 1. The van der Waals surface area contributed by atoms with Crippen molar-refractivity contribution in [2.75, 3.05) is 24.3 Å². The number of carbonyl (C=O) groups excluding carboxylic acids is 3. The second kappa shape index (κ2) is 17.0. The summed E-state index contributed by atoms with van der Waals surface area (Å²) in [6, 6.07) is -3.77. The van der Waals surface area contributed by atoms with Gasteiger partial charge >= 0.3 is 5.97 Å². The van der Waals surface area contributed by atoms with E-state index in [4.69, 9.17) is 11.5 Å². The Kier molecular flexibility index (Phi) is 16.2. The van der Waals surface area contributed by atoms with Crippen molar-refractivity contribution in [3.05, 3.63) is 0 Å². The number of aliphatic carboxylic acids is 1. The quantitative estimate of drug-likeness (QED) is 0.107. The number of hydrogen-bond acceptors (Lipinski definition) is 8. The van der Waals surface area contributed by atoms with Crippen LogP contribution in [0.5, 0.6) is 0 Å². The lowest BCUT2D eigenvalue weighted by molar-refractivity contribution is -0.142. The fraction of sp³-hybridized carbons (Fsp3) is 0.800. The van der Waals surface area contributed by atoms with E-state index in [1.165, 1.54) is 11.8 Å². The maximum Gasteiger partial charge on any atom is 0.326 e. The Morgan fingerprint density at radius 2 is 1.50 bits per heavy atom. The van der Waals surface area contributed by atoms with Gasteiger partial charge in [0.15, 0.2) is 0 Å². The minimum absolute atomic E-state index is 0.0389. The standard InChI is InChI=1S/C20H39N5O5S2/c1-12(2)10-13(22)17(26)23-14(6-4-5-8-21)18(27)25-16(11-31)19(28)24-15(20(29)30)7-9-32-3/h12-16,31H,4-11,21-22H2,1-3H3,(H,23,26)(H,24,28)(H,25,27)(H,29,30). The van der Waals surface area contributed by atoms with Gasteiger partial charge in [-0.2, -0.15) is 24.4 Å². The number of rotatable bonds is 17. The molecular weight excluding hydrogens is 454 g/mol. The summed E-state index contributed by atoms with van der Waals surface area (Å²) in [7, 11) is 0. The number of hydrogen-bond donors (Lipinski definition) is 7. The Balaban J connectivity index is 5.19. The lowest BCUT2D eigenvalue weighted by atomic mass is 10.0. The third-order valence-electron chi connectivity index (χ3n) is 4.68. The molecule has 3 amide bonds. The molecule has 0 bridgehead atoms. The van der Waals surface area contributed by atoms with Crippen LogP contribution in [0.25, 0.3) is 0 Å². The van der Waals surface area contributed by atoms with Gasteiger partial charge in [-0.1, -0.05) is 13.8 Å². The number of nitrogens with one attached hydrogen (secondary N) is 3. The van der Waals surface area contributed by atoms with Crippen molar-refractivity contribution in [2.45, 2.75) is 70.1 Å². The molecule has 0 aromatic rings. The third kappa shape index (κ3) is 12.5. The van der Waals surface area contributed by atoms with Gasteiger partial charge in [0.1, 0.15) is 18.1 Å². The molecule has 0 aliphatic heterocycles. The second-order valence-corrected chi connectivity index (χ2v) is 9.36. The zero-order valence-corrected chi connectivity index (χ0v) is 20.8. The first-order valence-corrected chi connectivity index (χ1v) is 12.8. The van der Waals surface area contributed by atoms with Crippen molar-refractivity contribution in [3.8, 4) is 0 Å². The topological polar surface area (TPSA) is 177 Å². The first-order chi connectivity index (χ1) is 15.1. The van der Waals surface area contributed by atoms with Crippen LogP contribution in [-0.2, 0) is 19.2 Å². The van der Waals surface area contributed by atoms with E-state index < -0.39 is 47.9 Å². The Morgan fingerprint density at radius 1 is 0.938 bits per heavy atom. The van der Waals surface area contributed by atoms with Crippen molar-refractivity contribution in [3.63, 3.8) is 0 Å². The van der Waals surface area contributed by atoms with Crippen LogP contribution in [0.15, 0.2) is 0 Å². The molecule has 0 aromatic heterocycles. The second-order valence-electron chi connectivity index (χ2n) is 8.01. The van der Waals surface area contributed by atoms with E-state index >= 15 is 0 Å². The average molecular weight is 494 g/mol. The summed E-state index contributed by atoms with van der Waals surface area (Å²) in [6.45, 7) is 4.33. The van der Waals surface area contributed by atoms with E-state index in [9.17, 15) is 24.3 Å². The molecule has 12 heteroatoms. The molecule has 0 heterocycles. The van der Waals surface area contributed by atoms with Crippen LogP contribution in [0.1, 0.15) is 46.0 Å². The van der Waals surface area contributed by atoms with Crippen molar-refractivity contribution in [1.29, 1.82) is 0 Å². The van der Waals surface area contributed by atoms with Crippen LogP contribution in [0, 0.1) is 5.92 Å². The highest BCUT2D eigenvalue weighted by Gasteiger charge is 2.29. The van der Waals surface area contributed by atoms with Crippen LogP contribution < -0.4 is 27.4 Å². The van der Waals surface area contributed by atoms with Crippen LogP contribution in [0.2, 0.25) is 0 Å². The van der Waals surface area contributed by atoms with Gasteiger partial charge in [0.2, 0.25) is 17.7 Å². The van der Waals surface area contributed by atoms with Crippen LogP contribution in [0.3, 0.4) is 0 Å². The monoisotopic (exact) mass is 493 g/mol. The predicted octanol–water partition coefficient (Wildman–Crippen LogP) is -0.289. The molecule has 10 nitrogen and oxygen atoms in total. The molecule has 0 rings (SSSR count). The lowest BCUT2D eigenvalue weighted by Crippen LogP contribution is -2.57. The van der Waals surface area contributed by atoms with E-state index in [-0.39, 0.29) is 18.1 Å². The summed E-state index contributed by atoms with van der Waals surface area (Å²) in [5.74, 6) is -2.07. The minimum atomic E-state index is -1.15. The van der Waals surface area contributed by atoms with Gasteiger partial charge in [0.05, 0.1) is 6.04 Å². The lowest BCUT2D eigenvalue weighted by Gasteiger charge is -2.24. The number of carbonyl (C=O) groups is 4. The highest BCUT2D eigenvalue weighted by atomic mass is 32.2. The normalized spacial score (nSPS) is 14.8. The number of thioether (sulfide) groups is 1. The fourth-order valence-corrected chi connectivity index (χ4v) is 3.62. The zero-order chi connectivity index (χ0) is 24.7. The van der Waals surface area contributed by atoms with E-state index in [1.807, 2.05) is 20.1 Å². The molecule has 0 saturated heterocycles. The molecule has 0 spiro atoms. The predicted molar refractivity (Wildman–Crippen MR) is 131 cm³/mol. The van der Waals surface area contributed by atoms with Gasteiger partial charge < -0.3 is 32.5 Å². The molecule has 0 saturated carbocycles. The number of unbranched alkanes of at least 4 members (excludes halogenated alkanes) is 1. The first kappa shape index (κ1) is 30.5. The highest BCUT2D eigenvalue weighted by molar-refractivity contribution is 7.98. The van der Waals surface area contributed by atoms with Gasteiger partial charge in [-0.3, -0.25) is 14.4 Å². The first-order valence-electron chi connectivity index (χ1n) is 10.8. The maximum atomic E-state index is 12.9. The van der Waals surface area contributed by atoms with Crippen molar-refractivity contribution >= 4 is 48.1 Å². The number of amides is 3. The van der Waals surface area contributed by atoms with Crippen molar-refractivity contribution in [2.24, 2.45) is 17.4 Å². The van der Waals surface area contributed by atoms with Crippen LogP contribution in [0.4, 0.5) is 0 Å².